The van der Waals surface area contributed by atoms with Gasteiger partial charge in [-0.05, 0) is 38.5 Å². The SMILES string of the molecule is CCCC1CC(NC2CC2)CN(C(=O)OCC)C1. The lowest BCUT2D eigenvalue weighted by Gasteiger charge is -2.37. The molecule has 1 aliphatic heterocycles. The Hall–Kier alpha value is -0.770. The average Bonchev–Trinajstić information content (AvgIpc) is 3.13. The first kappa shape index (κ1) is 13.7. The molecule has 1 aliphatic carbocycles. The zero-order valence-corrected chi connectivity index (χ0v) is 11.7. The second-order valence-electron chi connectivity index (χ2n) is 5.63. The van der Waals surface area contributed by atoms with Crippen LogP contribution in [0, 0.1) is 5.92 Å². The van der Waals surface area contributed by atoms with E-state index in [9.17, 15) is 4.79 Å². The van der Waals surface area contributed by atoms with Crippen molar-refractivity contribution in [1.82, 2.24) is 10.2 Å². The van der Waals surface area contributed by atoms with Gasteiger partial charge in [0.25, 0.3) is 0 Å². The highest BCUT2D eigenvalue weighted by Crippen LogP contribution is 2.26. The number of likely N-dealkylation sites (tertiary alicyclic amines) is 1. The molecule has 0 aromatic heterocycles. The van der Waals surface area contributed by atoms with Crippen LogP contribution >= 0.6 is 0 Å². The quantitative estimate of drug-likeness (QED) is 0.819. The Morgan fingerprint density at radius 3 is 2.67 bits per heavy atom. The van der Waals surface area contributed by atoms with Crippen molar-refractivity contribution in [2.24, 2.45) is 5.92 Å². The van der Waals surface area contributed by atoms with Gasteiger partial charge in [0, 0.05) is 25.2 Å². The molecule has 0 bridgehead atoms. The molecular formula is C14H26N2O2. The molecule has 2 aliphatic rings. The highest BCUT2D eigenvalue weighted by atomic mass is 16.6. The molecule has 0 aromatic rings. The van der Waals surface area contributed by atoms with Crippen LogP contribution in [0.1, 0.15) is 46.0 Å². The van der Waals surface area contributed by atoms with Crippen molar-refractivity contribution in [2.75, 3.05) is 19.7 Å². The van der Waals surface area contributed by atoms with Crippen molar-refractivity contribution in [3.63, 3.8) is 0 Å². The van der Waals surface area contributed by atoms with Crippen LogP contribution in [-0.2, 0) is 4.74 Å². The Bertz CT molecular complexity index is 279. The van der Waals surface area contributed by atoms with Gasteiger partial charge >= 0.3 is 6.09 Å². The maximum absolute atomic E-state index is 11.9. The summed E-state index contributed by atoms with van der Waals surface area (Å²) >= 11 is 0. The van der Waals surface area contributed by atoms with Gasteiger partial charge in [-0.1, -0.05) is 13.3 Å². The predicted octanol–water partition coefficient (Wildman–Crippen LogP) is 2.39. The Labute approximate surface area is 110 Å². The number of carbonyl (C=O) groups excluding carboxylic acids is 1. The molecule has 1 saturated carbocycles. The minimum atomic E-state index is -0.138. The van der Waals surface area contributed by atoms with E-state index in [2.05, 4.69) is 12.2 Å². The van der Waals surface area contributed by atoms with E-state index >= 15 is 0 Å². The number of carbonyl (C=O) groups is 1. The summed E-state index contributed by atoms with van der Waals surface area (Å²) in [5, 5.41) is 3.66. The van der Waals surface area contributed by atoms with Gasteiger partial charge in [-0.2, -0.15) is 0 Å². The summed E-state index contributed by atoms with van der Waals surface area (Å²) in [4.78, 5) is 13.8. The van der Waals surface area contributed by atoms with Gasteiger partial charge in [0.1, 0.15) is 0 Å². The zero-order valence-electron chi connectivity index (χ0n) is 11.7. The summed E-state index contributed by atoms with van der Waals surface area (Å²) < 4.78 is 5.14. The van der Waals surface area contributed by atoms with Crippen molar-refractivity contribution in [3.05, 3.63) is 0 Å². The van der Waals surface area contributed by atoms with Crippen LogP contribution in [0.2, 0.25) is 0 Å². The molecule has 1 N–H and O–H groups in total. The molecule has 0 radical (unpaired) electrons. The number of piperidine rings is 1. The zero-order chi connectivity index (χ0) is 13.0. The first-order valence-electron chi connectivity index (χ1n) is 7.40. The molecular weight excluding hydrogens is 228 g/mol. The molecule has 2 atom stereocenters. The number of nitrogens with zero attached hydrogens (tertiary/aromatic N) is 1. The third-order valence-corrected chi connectivity index (χ3v) is 3.81. The number of amides is 1. The van der Waals surface area contributed by atoms with Crippen molar-refractivity contribution < 1.29 is 9.53 Å². The van der Waals surface area contributed by atoms with Crippen LogP contribution in [-0.4, -0.2) is 42.8 Å². The number of nitrogens with one attached hydrogen (secondary N) is 1. The Morgan fingerprint density at radius 2 is 2.06 bits per heavy atom. The second kappa shape index (κ2) is 6.41. The minimum Gasteiger partial charge on any atom is -0.450 e. The van der Waals surface area contributed by atoms with Crippen LogP contribution in [0.4, 0.5) is 4.79 Å². The molecule has 2 unspecified atom stereocenters. The number of ether oxygens (including phenoxy) is 1. The van der Waals surface area contributed by atoms with E-state index in [0.717, 1.165) is 13.1 Å². The summed E-state index contributed by atoms with van der Waals surface area (Å²) in [6.45, 7) is 6.23. The van der Waals surface area contributed by atoms with Gasteiger partial charge in [-0.15, -0.1) is 0 Å². The normalized spacial score (nSPS) is 28.2. The average molecular weight is 254 g/mol. The highest BCUT2D eigenvalue weighted by molar-refractivity contribution is 5.67. The smallest absolute Gasteiger partial charge is 0.409 e. The van der Waals surface area contributed by atoms with E-state index in [4.69, 9.17) is 4.74 Å². The lowest BCUT2D eigenvalue weighted by Crippen LogP contribution is -2.51. The summed E-state index contributed by atoms with van der Waals surface area (Å²) in [5.74, 6) is 0.629. The summed E-state index contributed by atoms with van der Waals surface area (Å²) in [6.07, 6.45) is 6.07. The first-order valence-corrected chi connectivity index (χ1v) is 7.40. The third-order valence-electron chi connectivity index (χ3n) is 3.81. The molecule has 0 aromatic carbocycles. The van der Waals surface area contributed by atoms with E-state index in [1.165, 1.54) is 32.1 Å². The fraction of sp³-hybridized carbons (Fsp3) is 0.929. The standard InChI is InChI=1S/C14H26N2O2/c1-3-5-11-8-13(15-12-6-7-12)10-16(9-11)14(17)18-4-2/h11-13,15H,3-10H2,1-2H3. The summed E-state index contributed by atoms with van der Waals surface area (Å²) in [7, 11) is 0. The number of rotatable bonds is 5. The minimum absolute atomic E-state index is 0.138. The topological polar surface area (TPSA) is 41.6 Å². The van der Waals surface area contributed by atoms with E-state index in [1.54, 1.807) is 0 Å². The van der Waals surface area contributed by atoms with Gasteiger partial charge in [-0.25, -0.2) is 4.79 Å². The van der Waals surface area contributed by atoms with Crippen molar-refractivity contribution in [3.8, 4) is 0 Å². The number of hydrogen-bond donors (Lipinski definition) is 1. The maximum Gasteiger partial charge on any atom is 0.409 e. The van der Waals surface area contributed by atoms with Crippen LogP contribution in [0.3, 0.4) is 0 Å². The summed E-state index contributed by atoms with van der Waals surface area (Å²) in [5.41, 5.74) is 0. The van der Waals surface area contributed by atoms with E-state index < -0.39 is 0 Å². The molecule has 1 saturated heterocycles. The molecule has 0 spiro atoms. The van der Waals surface area contributed by atoms with Crippen molar-refractivity contribution in [1.29, 1.82) is 0 Å². The molecule has 1 heterocycles. The molecule has 104 valence electrons. The van der Waals surface area contributed by atoms with Gasteiger partial charge in [0.2, 0.25) is 0 Å². The van der Waals surface area contributed by atoms with E-state index in [1.807, 2.05) is 11.8 Å². The van der Waals surface area contributed by atoms with Crippen molar-refractivity contribution in [2.45, 2.75) is 58.0 Å². The lowest BCUT2D eigenvalue weighted by molar-refractivity contribution is 0.0769. The number of hydrogen-bond acceptors (Lipinski definition) is 3. The largest absolute Gasteiger partial charge is 0.450 e. The van der Waals surface area contributed by atoms with Gasteiger partial charge < -0.3 is 15.0 Å². The van der Waals surface area contributed by atoms with Crippen LogP contribution in [0.5, 0.6) is 0 Å². The van der Waals surface area contributed by atoms with E-state index in [0.29, 0.717) is 24.6 Å². The Morgan fingerprint density at radius 1 is 1.28 bits per heavy atom. The predicted molar refractivity (Wildman–Crippen MR) is 71.6 cm³/mol. The van der Waals surface area contributed by atoms with Gasteiger partial charge in [0.15, 0.2) is 0 Å². The van der Waals surface area contributed by atoms with Gasteiger partial charge in [-0.3, -0.25) is 0 Å². The highest BCUT2D eigenvalue weighted by Gasteiger charge is 2.33. The third kappa shape index (κ3) is 3.87. The van der Waals surface area contributed by atoms with Crippen LogP contribution in [0.15, 0.2) is 0 Å². The fourth-order valence-corrected chi connectivity index (χ4v) is 2.89. The molecule has 4 nitrogen and oxygen atoms in total. The summed E-state index contributed by atoms with van der Waals surface area (Å²) in [6, 6.07) is 1.17. The Kier molecular flexibility index (Phi) is 4.87. The molecule has 2 fully saturated rings. The van der Waals surface area contributed by atoms with Crippen molar-refractivity contribution >= 4 is 6.09 Å². The monoisotopic (exact) mass is 254 g/mol. The molecule has 2 rings (SSSR count). The second-order valence-corrected chi connectivity index (χ2v) is 5.63. The van der Waals surface area contributed by atoms with Crippen LogP contribution in [0.25, 0.3) is 0 Å². The lowest BCUT2D eigenvalue weighted by atomic mass is 9.90. The molecule has 18 heavy (non-hydrogen) atoms. The molecule has 1 amide bonds. The first-order chi connectivity index (χ1) is 8.72. The Balaban J connectivity index is 1.89. The van der Waals surface area contributed by atoms with Crippen LogP contribution < -0.4 is 5.32 Å². The fourth-order valence-electron chi connectivity index (χ4n) is 2.89. The van der Waals surface area contributed by atoms with Gasteiger partial charge in [0.05, 0.1) is 6.61 Å². The molecule has 4 heteroatoms. The van der Waals surface area contributed by atoms with E-state index in [-0.39, 0.29) is 6.09 Å². The maximum atomic E-state index is 11.9.